The summed E-state index contributed by atoms with van der Waals surface area (Å²) in [5, 5.41) is 0. The zero-order valence-corrected chi connectivity index (χ0v) is 15.9. The van der Waals surface area contributed by atoms with Gasteiger partial charge in [-0.3, -0.25) is 4.90 Å². The van der Waals surface area contributed by atoms with E-state index in [0.717, 1.165) is 82.3 Å². The summed E-state index contributed by atoms with van der Waals surface area (Å²) in [6.07, 6.45) is 1.87. The quantitative estimate of drug-likeness (QED) is 0.784. The maximum atomic E-state index is 5.49. The monoisotopic (exact) mass is 383 g/mol. The summed E-state index contributed by atoms with van der Waals surface area (Å²) in [5.74, 6) is 3.51. The third-order valence-corrected chi connectivity index (χ3v) is 5.46. The van der Waals surface area contributed by atoms with Crippen LogP contribution >= 0.6 is 0 Å². The largest absolute Gasteiger partial charge is 0.454 e. The Balaban J connectivity index is 1.19. The number of morpholine rings is 1. The molecule has 28 heavy (non-hydrogen) atoms. The molecule has 3 aliphatic heterocycles. The molecule has 8 heteroatoms. The molecule has 0 atom stereocenters. The van der Waals surface area contributed by atoms with Crippen LogP contribution in [0.1, 0.15) is 5.56 Å². The summed E-state index contributed by atoms with van der Waals surface area (Å²) in [5.41, 5.74) is 1.25. The van der Waals surface area contributed by atoms with Crippen molar-refractivity contribution >= 4 is 11.8 Å². The number of hydrogen-bond acceptors (Lipinski definition) is 8. The first-order valence-electron chi connectivity index (χ1n) is 9.87. The van der Waals surface area contributed by atoms with Crippen LogP contribution in [-0.2, 0) is 11.3 Å². The lowest BCUT2D eigenvalue weighted by atomic mass is 10.1. The summed E-state index contributed by atoms with van der Waals surface area (Å²) in [6.45, 7) is 8.36. The van der Waals surface area contributed by atoms with Gasteiger partial charge in [-0.15, -0.1) is 0 Å². The second kappa shape index (κ2) is 7.81. The van der Waals surface area contributed by atoms with Crippen molar-refractivity contribution in [2.45, 2.75) is 6.54 Å². The second-order valence-electron chi connectivity index (χ2n) is 7.27. The first-order chi connectivity index (χ1) is 13.8. The molecule has 0 amide bonds. The van der Waals surface area contributed by atoms with Crippen LogP contribution in [-0.4, -0.2) is 74.1 Å². The van der Waals surface area contributed by atoms with Gasteiger partial charge in [-0.2, -0.15) is 4.98 Å². The van der Waals surface area contributed by atoms with Gasteiger partial charge in [0.1, 0.15) is 5.82 Å². The number of anilines is 2. The zero-order valence-electron chi connectivity index (χ0n) is 15.9. The summed E-state index contributed by atoms with van der Waals surface area (Å²) in [6, 6.07) is 8.20. The first-order valence-corrected chi connectivity index (χ1v) is 9.87. The minimum Gasteiger partial charge on any atom is -0.454 e. The highest BCUT2D eigenvalue weighted by Gasteiger charge is 2.21. The number of ether oxygens (including phenoxy) is 3. The summed E-state index contributed by atoms with van der Waals surface area (Å²) in [7, 11) is 0. The lowest BCUT2D eigenvalue weighted by Gasteiger charge is -2.35. The van der Waals surface area contributed by atoms with Crippen LogP contribution in [0.4, 0.5) is 11.8 Å². The van der Waals surface area contributed by atoms with Gasteiger partial charge in [0.25, 0.3) is 0 Å². The van der Waals surface area contributed by atoms with Crippen LogP contribution in [0.15, 0.2) is 30.5 Å². The van der Waals surface area contributed by atoms with Crippen molar-refractivity contribution in [1.82, 2.24) is 14.9 Å². The summed E-state index contributed by atoms with van der Waals surface area (Å²) >= 11 is 0. The van der Waals surface area contributed by atoms with E-state index in [1.807, 2.05) is 18.3 Å². The van der Waals surface area contributed by atoms with Gasteiger partial charge in [0.05, 0.1) is 13.2 Å². The van der Waals surface area contributed by atoms with Crippen molar-refractivity contribution in [3.63, 3.8) is 0 Å². The third-order valence-electron chi connectivity index (χ3n) is 5.46. The lowest BCUT2D eigenvalue weighted by molar-refractivity contribution is 0.122. The molecule has 148 valence electrons. The highest BCUT2D eigenvalue weighted by atomic mass is 16.7. The normalized spacial score (nSPS) is 19.9. The Morgan fingerprint density at radius 2 is 1.68 bits per heavy atom. The molecule has 0 aliphatic carbocycles. The minimum absolute atomic E-state index is 0.320. The molecule has 0 N–H and O–H groups in total. The molecule has 2 fully saturated rings. The number of hydrogen-bond donors (Lipinski definition) is 0. The van der Waals surface area contributed by atoms with Crippen molar-refractivity contribution in [2.75, 3.05) is 69.1 Å². The minimum atomic E-state index is 0.320. The molecule has 4 heterocycles. The smallest absolute Gasteiger partial charge is 0.231 e. The molecule has 0 unspecified atom stereocenters. The molecule has 8 nitrogen and oxygen atoms in total. The van der Waals surface area contributed by atoms with Crippen molar-refractivity contribution in [3.05, 3.63) is 36.0 Å². The van der Waals surface area contributed by atoms with Gasteiger partial charge in [-0.25, -0.2) is 4.98 Å². The first kappa shape index (κ1) is 17.5. The molecule has 1 aromatic heterocycles. The van der Waals surface area contributed by atoms with Crippen LogP contribution in [0.3, 0.4) is 0 Å². The SMILES string of the molecule is c1cc(N2CCOCC2)nc(N2CCN(Cc3ccc4c(c3)OCO4)CC2)n1. The fourth-order valence-corrected chi connectivity index (χ4v) is 3.86. The number of aromatic nitrogens is 2. The molecule has 0 spiro atoms. The van der Waals surface area contributed by atoms with Crippen molar-refractivity contribution in [1.29, 1.82) is 0 Å². The predicted octanol–water partition coefficient (Wildman–Crippen LogP) is 1.36. The number of fused-ring (bicyclic) bond motifs is 1. The Labute approximate surface area is 164 Å². The average molecular weight is 383 g/mol. The van der Waals surface area contributed by atoms with Crippen molar-refractivity contribution < 1.29 is 14.2 Å². The highest BCUT2D eigenvalue weighted by molar-refractivity contribution is 5.45. The molecular weight excluding hydrogens is 358 g/mol. The van der Waals surface area contributed by atoms with Crippen LogP contribution in [0.5, 0.6) is 11.5 Å². The average Bonchev–Trinajstić information content (AvgIpc) is 3.23. The van der Waals surface area contributed by atoms with Crippen LogP contribution in [0.2, 0.25) is 0 Å². The predicted molar refractivity (Wildman–Crippen MR) is 105 cm³/mol. The fraction of sp³-hybridized carbons (Fsp3) is 0.500. The van der Waals surface area contributed by atoms with E-state index < -0.39 is 0 Å². The Kier molecular flexibility index (Phi) is 4.88. The molecule has 1 aromatic carbocycles. The van der Waals surface area contributed by atoms with Crippen LogP contribution in [0, 0.1) is 0 Å². The van der Waals surface area contributed by atoms with Gasteiger partial charge >= 0.3 is 0 Å². The Hall–Kier alpha value is -2.58. The molecule has 0 radical (unpaired) electrons. The van der Waals surface area contributed by atoms with E-state index >= 15 is 0 Å². The van der Waals surface area contributed by atoms with Gasteiger partial charge in [-0.1, -0.05) is 6.07 Å². The maximum Gasteiger partial charge on any atom is 0.231 e. The molecule has 3 aliphatic rings. The number of nitrogens with zero attached hydrogens (tertiary/aromatic N) is 5. The van der Waals surface area contributed by atoms with E-state index in [1.165, 1.54) is 5.56 Å². The summed E-state index contributed by atoms with van der Waals surface area (Å²) < 4.78 is 16.3. The van der Waals surface area contributed by atoms with Gasteiger partial charge in [0.2, 0.25) is 12.7 Å². The third kappa shape index (κ3) is 3.70. The van der Waals surface area contributed by atoms with E-state index in [9.17, 15) is 0 Å². The van der Waals surface area contributed by atoms with Gasteiger partial charge in [0, 0.05) is 52.0 Å². The number of rotatable bonds is 4. The Morgan fingerprint density at radius 1 is 0.857 bits per heavy atom. The summed E-state index contributed by atoms with van der Waals surface area (Å²) in [4.78, 5) is 16.3. The van der Waals surface area contributed by atoms with Crippen LogP contribution in [0.25, 0.3) is 0 Å². The van der Waals surface area contributed by atoms with Gasteiger partial charge in [-0.05, 0) is 23.8 Å². The van der Waals surface area contributed by atoms with E-state index in [4.69, 9.17) is 19.2 Å². The number of piperazine rings is 1. The Morgan fingerprint density at radius 3 is 2.54 bits per heavy atom. The second-order valence-corrected chi connectivity index (χ2v) is 7.27. The number of benzene rings is 1. The standard InChI is InChI=1S/C20H25N5O3/c1-2-17-18(28-15-27-17)13-16(1)14-23-5-7-25(8-6-23)20-21-4-3-19(22-20)24-9-11-26-12-10-24/h1-4,13H,5-12,14-15H2. The molecular formula is C20H25N5O3. The Bertz CT molecular complexity index is 819. The van der Waals surface area contributed by atoms with Gasteiger partial charge in [0.15, 0.2) is 11.5 Å². The lowest BCUT2D eigenvalue weighted by Crippen LogP contribution is -2.46. The zero-order chi connectivity index (χ0) is 18.8. The van der Waals surface area contributed by atoms with E-state index in [0.29, 0.717) is 6.79 Å². The molecule has 2 saturated heterocycles. The maximum absolute atomic E-state index is 5.49. The molecule has 2 aromatic rings. The van der Waals surface area contributed by atoms with Crippen molar-refractivity contribution in [3.8, 4) is 11.5 Å². The van der Waals surface area contributed by atoms with E-state index in [2.05, 4.69) is 31.8 Å². The highest BCUT2D eigenvalue weighted by Crippen LogP contribution is 2.33. The van der Waals surface area contributed by atoms with Crippen LogP contribution < -0.4 is 19.3 Å². The fourth-order valence-electron chi connectivity index (χ4n) is 3.86. The topological polar surface area (TPSA) is 63.2 Å². The van der Waals surface area contributed by atoms with E-state index in [1.54, 1.807) is 0 Å². The molecule has 0 bridgehead atoms. The van der Waals surface area contributed by atoms with Crippen molar-refractivity contribution in [2.24, 2.45) is 0 Å². The van der Waals surface area contributed by atoms with Gasteiger partial charge < -0.3 is 24.0 Å². The molecule has 5 rings (SSSR count). The molecule has 0 saturated carbocycles. The van der Waals surface area contributed by atoms with E-state index in [-0.39, 0.29) is 0 Å².